The van der Waals surface area contributed by atoms with Crippen LogP contribution < -0.4 is 10.1 Å². The maximum absolute atomic E-state index is 12.5. The number of hydrogen-bond donors (Lipinski definition) is 1. The Morgan fingerprint density at radius 3 is 2.30 bits per heavy atom. The summed E-state index contributed by atoms with van der Waals surface area (Å²) in [7, 11) is 0. The number of nitrogens with one attached hydrogen (secondary N) is 1. The number of benzene rings is 1. The molecule has 2 aliphatic rings. The molecule has 0 aromatic heterocycles. The van der Waals surface area contributed by atoms with Crippen LogP contribution in [0, 0.1) is 0 Å². The Morgan fingerprint density at radius 1 is 1.03 bits per heavy atom. The lowest BCUT2D eigenvalue weighted by Gasteiger charge is -2.38. The van der Waals surface area contributed by atoms with E-state index < -0.39 is 24.5 Å². The smallest absolute Gasteiger partial charge is 0.338 e. The van der Waals surface area contributed by atoms with Crippen molar-refractivity contribution in [2.24, 2.45) is 0 Å². The highest BCUT2D eigenvalue weighted by atomic mass is 16.5. The number of carbonyl (C=O) groups excluding carboxylic acids is 4. The zero-order valence-corrected chi connectivity index (χ0v) is 17.3. The third-order valence-corrected chi connectivity index (χ3v) is 5.42. The summed E-state index contributed by atoms with van der Waals surface area (Å²) in [5.74, 6) is -0.843. The summed E-state index contributed by atoms with van der Waals surface area (Å²) in [4.78, 5) is 50.8. The zero-order chi connectivity index (χ0) is 21.7. The third-order valence-electron chi connectivity index (χ3n) is 5.42. The van der Waals surface area contributed by atoms with Gasteiger partial charge in [-0.15, -0.1) is 0 Å². The van der Waals surface area contributed by atoms with Crippen molar-refractivity contribution in [3.63, 3.8) is 0 Å². The van der Waals surface area contributed by atoms with E-state index in [9.17, 15) is 19.2 Å². The van der Waals surface area contributed by atoms with E-state index in [-0.39, 0.29) is 36.7 Å². The quantitative estimate of drug-likeness (QED) is 0.705. The van der Waals surface area contributed by atoms with Crippen LogP contribution in [0.5, 0.6) is 5.75 Å². The molecule has 1 N–H and O–H groups in total. The highest BCUT2D eigenvalue weighted by Gasteiger charge is 2.29. The highest BCUT2D eigenvalue weighted by Crippen LogP contribution is 2.23. The van der Waals surface area contributed by atoms with E-state index in [1.54, 1.807) is 12.1 Å². The molecule has 2 saturated heterocycles. The van der Waals surface area contributed by atoms with Crippen molar-refractivity contribution in [3.8, 4) is 5.75 Å². The minimum atomic E-state index is -0.679. The Hall–Kier alpha value is -3.10. The van der Waals surface area contributed by atoms with Gasteiger partial charge in [0.2, 0.25) is 0 Å². The van der Waals surface area contributed by atoms with E-state index in [1.807, 2.05) is 4.90 Å². The molecule has 0 saturated carbocycles. The third kappa shape index (κ3) is 5.08. The zero-order valence-electron chi connectivity index (χ0n) is 17.3. The van der Waals surface area contributed by atoms with Gasteiger partial charge in [0.05, 0.1) is 5.56 Å². The Bertz CT molecular complexity index is 799. The van der Waals surface area contributed by atoms with Gasteiger partial charge < -0.3 is 19.7 Å². The Morgan fingerprint density at radius 2 is 1.70 bits per heavy atom. The van der Waals surface area contributed by atoms with Crippen molar-refractivity contribution in [3.05, 3.63) is 29.8 Å². The summed E-state index contributed by atoms with van der Waals surface area (Å²) >= 11 is 0. The number of nitrogens with zero attached hydrogens (tertiary/aromatic N) is 2. The predicted octanol–water partition coefficient (Wildman–Crippen LogP) is 1.56. The number of imide groups is 1. The van der Waals surface area contributed by atoms with Crippen LogP contribution in [0.25, 0.3) is 0 Å². The number of amides is 4. The molecule has 2 aliphatic heterocycles. The number of piperidine rings is 1. The molecule has 4 amide bonds. The van der Waals surface area contributed by atoms with Crippen LogP contribution in [0.3, 0.4) is 0 Å². The van der Waals surface area contributed by atoms with Crippen molar-refractivity contribution in [1.29, 1.82) is 0 Å². The number of rotatable bonds is 6. The fourth-order valence-corrected chi connectivity index (χ4v) is 3.82. The van der Waals surface area contributed by atoms with Crippen LogP contribution in [-0.2, 0) is 14.3 Å². The monoisotopic (exact) mass is 417 g/mol. The first-order valence-electron chi connectivity index (χ1n) is 10.2. The van der Waals surface area contributed by atoms with Gasteiger partial charge in [-0.3, -0.25) is 14.5 Å². The molecule has 1 aromatic rings. The van der Waals surface area contributed by atoms with Crippen LogP contribution in [0.1, 0.15) is 43.5 Å². The first kappa shape index (κ1) is 21.6. The molecule has 0 spiro atoms. The van der Waals surface area contributed by atoms with Crippen molar-refractivity contribution in [1.82, 2.24) is 15.1 Å². The molecule has 9 nitrogen and oxygen atoms in total. The summed E-state index contributed by atoms with van der Waals surface area (Å²) in [5.41, 5.74) is 0.241. The molecular weight excluding hydrogens is 390 g/mol. The van der Waals surface area contributed by atoms with Crippen LogP contribution in [-0.4, -0.2) is 72.0 Å². The topological polar surface area (TPSA) is 105 Å². The Balaban J connectivity index is 1.47. The van der Waals surface area contributed by atoms with E-state index >= 15 is 0 Å². The van der Waals surface area contributed by atoms with Gasteiger partial charge in [0.15, 0.2) is 13.2 Å². The second kappa shape index (κ2) is 9.60. The molecule has 2 heterocycles. The number of urea groups is 1. The molecule has 2 atom stereocenters. The van der Waals surface area contributed by atoms with Gasteiger partial charge in [-0.25, -0.2) is 9.59 Å². The van der Waals surface area contributed by atoms with Crippen LogP contribution in [0.2, 0.25) is 0 Å². The molecule has 30 heavy (non-hydrogen) atoms. The molecule has 0 radical (unpaired) electrons. The second-order valence-corrected chi connectivity index (χ2v) is 7.60. The number of hydrogen-bond acceptors (Lipinski definition) is 6. The van der Waals surface area contributed by atoms with Crippen LogP contribution in [0.15, 0.2) is 24.3 Å². The van der Waals surface area contributed by atoms with Crippen molar-refractivity contribution < 1.29 is 28.7 Å². The maximum atomic E-state index is 12.5. The Kier molecular flexibility index (Phi) is 6.91. The number of esters is 1. The molecule has 9 heteroatoms. The standard InChI is InChI=1S/C21H27N3O6/c1-14-4-3-5-15(2)24(14)19(26)13-29-17-8-6-16(7-9-17)20(27)30-12-18(25)23-11-10-22-21(23)28/h6-9,14-15H,3-5,10-13H2,1-2H3,(H,22,28)/t14-,15-/m0/s1. The fourth-order valence-electron chi connectivity index (χ4n) is 3.82. The average molecular weight is 417 g/mol. The van der Waals surface area contributed by atoms with E-state index in [2.05, 4.69) is 19.2 Å². The molecule has 162 valence electrons. The number of ether oxygens (including phenoxy) is 2. The summed E-state index contributed by atoms with van der Waals surface area (Å²) < 4.78 is 10.6. The van der Waals surface area contributed by atoms with Gasteiger partial charge in [-0.2, -0.15) is 0 Å². The minimum Gasteiger partial charge on any atom is -0.484 e. The van der Waals surface area contributed by atoms with E-state index in [0.29, 0.717) is 12.3 Å². The first-order chi connectivity index (χ1) is 14.4. The summed E-state index contributed by atoms with van der Waals surface area (Å²) in [6.45, 7) is 4.17. The van der Waals surface area contributed by atoms with Crippen LogP contribution >= 0.6 is 0 Å². The van der Waals surface area contributed by atoms with Crippen molar-refractivity contribution in [2.45, 2.75) is 45.2 Å². The second-order valence-electron chi connectivity index (χ2n) is 7.60. The SMILES string of the molecule is C[C@H]1CCC[C@H](C)N1C(=O)COc1ccc(C(=O)OCC(=O)N2CCNC2=O)cc1. The summed E-state index contributed by atoms with van der Waals surface area (Å²) in [5, 5.41) is 2.51. The minimum absolute atomic E-state index is 0.0531. The molecule has 2 fully saturated rings. The molecule has 3 rings (SSSR count). The van der Waals surface area contributed by atoms with Gasteiger partial charge in [-0.05, 0) is 57.4 Å². The number of carbonyl (C=O) groups is 4. The molecule has 0 aliphatic carbocycles. The van der Waals surface area contributed by atoms with Gasteiger partial charge in [0.1, 0.15) is 5.75 Å². The van der Waals surface area contributed by atoms with E-state index in [1.165, 1.54) is 12.1 Å². The van der Waals surface area contributed by atoms with Crippen LogP contribution in [0.4, 0.5) is 4.79 Å². The predicted molar refractivity (Wildman–Crippen MR) is 107 cm³/mol. The number of likely N-dealkylation sites (tertiary alicyclic amines) is 1. The Labute approximate surface area is 175 Å². The van der Waals surface area contributed by atoms with Gasteiger partial charge >= 0.3 is 12.0 Å². The highest BCUT2D eigenvalue weighted by molar-refractivity contribution is 5.98. The normalized spacial score (nSPS) is 21.2. The fraction of sp³-hybridized carbons (Fsp3) is 0.524. The summed E-state index contributed by atoms with van der Waals surface area (Å²) in [6, 6.07) is 6.07. The van der Waals surface area contributed by atoms with Gasteiger partial charge in [0, 0.05) is 25.2 Å². The lowest BCUT2D eigenvalue weighted by molar-refractivity contribution is -0.139. The lowest BCUT2D eigenvalue weighted by Crippen LogP contribution is -2.49. The van der Waals surface area contributed by atoms with E-state index in [0.717, 1.165) is 24.2 Å². The average Bonchev–Trinajstić information content (AvgIpc) is 3.16. The lowest BCUT2D eigenvalue weighted by atomic mass is 9.97. The molecular formula is C21H27N3O6. The summed E-state index contributed by atoms with van der Waals surface area (Å²) in [6.07, 6.45) is 3.12. The first-order valence-corrected chi connectivity index (χ1v) is 10.2. The van der Waals surface area contributed by atoms with E-state index in [4.69, 9.17) is 9.47 Å². The van der Waals surface area contributed by atoms with Crippen molar-refractivity contribution in [2.75, 3.05) is 26.3 Å². The maximum Gasteiger partial charge on any atom is 0.338 e. The molecule has 0 bridgehead atoms. The largest absolute Gasteiger partial charge is 0.484 e. The molecule has 0 unspecified atom stereocenters. The van der Waals surface area contributed by atoms with Gasteiger partial charge in [0.25, 0.3) is 11.8 Å². The molecule has 1 aromatic carbocycles. The van der Waals surface area contributed by atoms with Gasteiger partial charge in [-0.1, -0.05) is 0 Å². The van der Waals surface area contributed by atoms with Crippen molar-refractivity contribution >= 4 is 23.8 Å².